The molecular formula is C8H8F8O. The molecule has 0 spiro atoms. The smallest absolute Gasteiger partial charge is 0.269 e. The molecule has 9 heteroatoms. The number of halogens is 8. The van der Waals surface area contributed by atoms with Crippen molar-refractivity contribution in [2.75, 3.05) is 0 Å². The van der Waals surface area contributed by atoms with Crippen LogP contribution in [0.2, 0.25) is 0 Å². The maximum Gasteiger partial charge on any atom is 0.396 e. The van der Waals surface area contributed by atoms with Crippen LogP contribution < -0.4 is 0 Å². The highest BCUT2D eigenvalue weighted by Crippen LogP contribution is 2.60. The summed E-state index contributed by atoms with van der Waals surface area (Å²) in [6, 6.07) is 0. The fourth-order valence-electron chi connectivity index (χ4n) is 1.34. The van der Waals surface area contributed by atoms with Gasteiger partial charge in [-0.3, -0.25) is 4.74 Å². The highest BCUT2D eigenvalue weighted by molar-refractivity contribution is 5.09. The summed E-state index contributed by atoms with van der Waals surface area (Å²) in [7, 11) is 0. The second-order valence-electron chi connectivity index (χ2n) is 4.02. The Morgan fingerprint density at radius 1 is 1.06 bits per heavy atom. The lowest BCUT2D eigenvalue weighted by atomic mass is 9.93. The van der Waals surface area contributed by atoms with Gasteiger partial charge in [0.25, 0.3) is 6.17 Å². The van der Waals surface area contributed by atoms with Crippen LogP contribution in [0.15, 0.2) is 0 Å². The molecule has 1 nitrogen and oxygen atoms in total. The predicted octanol–water partition coefficient (Wildman–Crippen LogP) is 3.54. The Hall–Kier alpha value is -0.600. The first-order valence-corrected chi connectivity index (χ1v) is 4.47. The molecule has 0 aliphatic carbocycles. The summed E-state index contributed by atoms with van der Waals surface area (Å²) >= 11 is 0. The fourth-order valence-corrected chi connectivity index (χ4v) is 1.34. The summed E-state index contributed by atoms with van der Waals surface area (Å²) in [5.41, 5.74) is 0. The summed E-state index contributed by atoms with van der Waals surface area (Å²) in [5, 5.41) is 0. The number of hydrogen-bond donors (Lipinski definition) is 0. The van der Waals surface area contributed by atoms with Crippen molar-refractivity contribution in [3.63, 3.8) is 0 Å². The first-order chi connectivity index (χ1) is 7.31. The molecule has 1 aliphatic heterocycles. The third kappa shape index (κ3) is 1.61. The monoisotopic (exact) mass is 272 g/mol. The van der Waals surface area contributed by atoms with Crippen molar-refractivity contribution in [2.45, 2.75) is 43.8 Å². The number of alkyl halides is 8. The van der Waals surface area contributed by atoms with E-state index in [1.54, 1.807) is 0 Å². The highest BCUT2D eigenvalue weighted by Gasteiger charge is 2.86. The van der Waals surface area contributed by atoms with Gasteiger partial charge in [0.05, 0.1) is 0 Å². The van der Waals surface area contributed by atoms with E-state index in [4.69, 9.17) is 0 Å². The Kier molecular flexibility index (Phi) is 2.94. The zero-order valence-corrected chi connectivity index (χ0v) is 8.59. The van der Waals surface area contributed by atoms with Gasteiger partial charge in [-0.25, -0.2) is 4.39 Å². The Balaban J connectivity index is 3.31. The van der Waals surface area contributed by atoms with E-state index in [1.165, 1.54) is 0 Å². The van der Waals surface area contributed by atoms with E-state index in [2.05, 4.69) is 4.74 Å². The van der Waals surface area contributed by atoms with Gasteiger partial charge >= 0.3 is 23.8 Å². The van der Waals surface area contributed by atoms with E-state index < -0.39 is 35.9 Å². The first kappa shape index (κ1) is 14.5. The SMILES string of the molecule is CC(C)C(F)(F)C1(F)OC(F)(F)C(F)C1(F)F. The number of rotatable bonds is 2. The van der Waals surface area contributed by atoms with Gasteiger partial charge in [0.2, 0.25) is 0 Å². The van der Waals surface area contributed by atoms with Crippen molar-refractivity contribution in [3.05, 3.63) is 0 Å². The van der Waals surface area contributed by atoms with Crippen LogP contribution in [0.25, 0.3) is 0 Å². The van der Waals surface area contributed by atoms with Gasteiger partial charge in [-0.1, -0.05) is 13.8 Å². The molecule has 17 heavy (non-hydrogen) atoms. The van der Waals surface area contributed by atoms with E-state index in [-0.39, 0.29) is 0 Å². The van der Waals surface area contributed by atoms with Crippen LogP contribution in [-0.4, -0.2) is 30.0 Å². The van der Waals surface area contributed by atoms with E-state index in [1.807, 2.05) is 0 Å². The highest BCUT2D eigenvalue weighted by atomic mass is 19.3. The van der Waals surface area contributed by atoms with Crippen LogP contribution in [0.5, 0.6) is 0 Å². The third-order valence-corrected chi connectivity index (χ3v) is 2.47. The summed E-state index contributed by atoms with van der Waals surface area (Å²) in [4.78, 5) is 0. The molecule has 1 aliphatic rings. The fraction of sp³-hybridized carbons (Fsp3) is 1.00. The Morgan fingerprint density at radius 3 is 1.71 bits per heavy atom. The number of ether oxygens (including phenoxy) is 1. The van der Waals surface area contributed by atoms with Gasteiger partial charge < -0.3 is 0 Å². The first-order valence-electron chi connectivity index (χ1n) is 4.47. The van der Waals surface area contributed by atoms with Gasteiger partial charge in [0, 0.05) is 5.92 Å². The summed E-state index contributed by atoms with van der Waals surface area (Å²) in [5.74, 6) is -18.1. The number of hydrogen-bond acceptors (Lipinski definition) is 1. The van der Waals surface area contributed by atoms with E-state index >= 15 is 0 Å². The molecule has 2 unspecified atom stereocenters. The summed E-state index contributed by atoms with van der Waals surface area (Å²) < 4.78 is 106. The molecule has 2 atom stereocenters. The van der Waals surface area contributed by atoms with Crippen molar-refractivity contribution < 1.29 is 39.9 Å². The quantitative estimate of drug-likeness (QED) is 0.699. The average molecular weight is 272 g/mol. The van der Waals surface area contributed by atoms with Crippen molar-refractivity contribution in [3.8, 4) is 0 Å². The molecule has 1 saturated heterocycles. The zero-order chi connectivity index (χ0) is 13.9. The molecule has 1 fully saturated rings. The van der Waals surface area contributed by atoms with Gasteiger partial charge in [-0.15, -0.1) is 0 Å². The summed E-state index contributed by atoms with van der Waals surface area (Å²) in [6.07, 6.45) is -9.78. The molecule has 0 saturated carbocycles. The Bertz CT molecular complexity index is 315. The normalized spacial score (nSPS) is 36.5. The van der Waals surface area contributed by atoms with Crippen LogP contribution in [-0.2, 0) is 4.74 Å². The van der Waals surface area contributed by atoms with E-state index in [9.17, 15) is 35.1 Å². The van der Waals surface area contributed by atoms with Crippen molar-refractivity contribution in [1.29, 1.82) is 0 Å². The molecule has 0 aromatic carbocycles. The molecular weight excluding hydrogens is 264 g/mol. The lowest BCUT2D eigenvalue weighted by Crippen LogP contribution is -2.59. The zero-order valence-electron chi connectivity index (χ0n) is 8.59. The minimum atomic E-state index is -5.65. The van der Waals surface area contributed by atoms with Gasteiger partial charge in [-0.2, -0.15) is 30.7 Å². The van der Waals surface area contributed by atoms with Crippen LogP contribution in [0.1, 0.15) is 13.8 Å². The molecule has 0 amide bonds. The minimum Gasteiger partial charge on any atom is -0.269 e. The average Bonchev–Trinajstić information content (AvgIpc) is 2.25. The molecule has 0 aromatic rings. The lowest BCUT2D eigenvalue weighted by molar-refractivity contribution is -0.382. The molecule has 0 aromatic heterocycles. The molecule has 102 valence electrons. The van der Waals surface area contributed by atoms with Gasteiger partial charge in [0.15, 0.2) is 0 Å². The van der Waals surface area contributed by atoms with Gasteiger partial charge in [0.1, 0.15) is 0 Å². The Labute approximate surface area is 90.7 Å². The molecule has 0 N–H and O–H groups in total. The second-order valence-corrected chi connectivity index (χ2v) is 4.02. The Morgan fingerprint density at radius 2 is 1.47 bits per heavy atom. The molecule has 1 heterocycles. The topological polar surface area (TPSA) is 9.23 Å². The molecule has 0 bridgehead atoms. The van der Waals surface area contributed by atoms with E-state index in [0.29, 0.717) is 13.8 Å². The van der Waals surface area contributed by atoms with Crippen LogP contribution >= 0.6 is 0 Å². The molecule has 1 rings (SSSR count). The van der Waals surface area contributed by atoms with E-state index in [0.717, 1.165) is 0 Å². The van der Waals surface area contributed by atoms with Gasteiger partial charge in [-0.05, 0) is 0 Å². The predicted molar refractivity (Wildman–Crippen MR) is 39.5 cm³/mol. The summed E-state index contributed by atoms with van der Waals surface area (Å²) in [6.45, 7) is 1.23. The third-order valence-electron chi connectivity index (χ3n) is 2.47. The van der Waals surface area contributed by atoms with Crippen LogP contribution in [0, 0.1) is 5.92 Å². The maximum absolute atomic E-state index is 13.4. The van der Waals surface area contributed by atoms with Crippen LogP contribution in [0.4, 0.5) is 35.1 Å². The van der Waals surface area contributed by atoms with Crippen molar-refractivity contribution in [1.82, 2.24) is 0 Å². The molecule has 0 radical (unpaired) electrons. The minimum absolute atomic E-state index is 0.616. The lowest BCUT2D eigenvalue weighted by Gasteiger charge is -2.34. The maximum atomic E-state index is 13.4. The largest absolute Gasteiger partial charge is 0.396 e. The standard InChI is InChI=1S/C8H8F8O/c1-3(2)5(10,11)8(16)6(12,13)4(9)7(14,15)17-8/h3-4H,1-2H3. The van der Waals surface area contributed by atoms with Crippen molar-refractivity contribution >= 4 is 0 Å². The van der Waals surface area contributed by atoms with Crippen molar-refractivity contribution in [2.24, 2.45) is 5.92 Å². The van der Waals surface area contributed by atoms with Crippen LogP contribution in [0.3, 0.4) is 0 Å². The second kappa shape index (κ2) is 3.46.